The Morgan fingerprint density at radius 1 is 1.11 bits per heavy atom. The Labute approximate surface area is 274 Å². The number of carbonyl (C=O) groups is 2. The number of ketones is 1. The fourth-order valence-corrected chi connectivity index (χ4v) is 4.94. The van der Waals surface area contributed by atoms with Crippen molar-refractivity contribution in [2.75, 3.05) is 13.2 Å². The van der Waals surface area contributed by atoms with Crippen molar-refractivity contribution in [3.8, 4) is 0 Å². The first-order valence-corrected chi connectivity index (χ1v) is 16.9. The number of aryl methyl sites for hydroxylation is 1. The van der Waals surface area contributed by atoms with E-state index in [2.05, 4.69) is 58.1 Å². The molecule has 6 heteroatoms. The molecule has 1 N–H and O–H groups in total. The Morgan fingerprint density at radius 3 is 2.24 bits per heavy atom. The molecule has 0 saturated carbocycles. The third kappa shape index (κ3) is 15.8. The third-order valence-electron chi connectivity index (χ3n) is 7.62. The average molecular weight is 623 g/mol. The number of nitrogens with zero attached hydrogens (tertiary/aromatic N) is 1. The SMILES string of the molecule is C/C=C\C(=O)/C(C)=C\C(=C/C)C(=Nc1cc(CNC(CC(C)C)C(=O)OC(C)(C)C)ccc1C)C(C)C.CCC1CCOCC1. The van der Waals surface area contributed by atoms with E-state index in [0.29, 0.717) is 24.5 Å². The smallest absolute Gasteiger partial charge is 0.323 e. The second-order valence-corrected chi connectivity index (χ2v) is 13.8. The summed E-state index contributed by atoms with van der Waals surface area (Å²) in [7, 11) is 0. The van der Waals surface area contributed by atoms with Crippen LogP contribution in [0.2, 0.25) is 0 Å². The Bertz CT molecular complexity index is 1190. The summed E-state index contributed by atoms with van der Waals surface area (Å²) in [6.45, 7) is 26.6. The van der Waals surface area contributed by atoms with E-state index in [1.165, 1.54) is 19.3 Å². The predicted molar refractivity (Wildman–Crippen MR) is 190 cm³/mol. The predicted octanol–water partition coefficient (Wildman–Crippen LogP) is 9.43. The van der Waals surface area contributed by atoms with Crippen molar-refractivity contribution in [3.05, 3.63) is 64.8 Å². The molecule has 0 bridgehead atoms. The maximum atomic E-state index is 12.8. The van der Waals surface area contributed by atoms with Gasteiger partial charge in [0.1, 0.15) is 11.6 Å². The third-order valence-corrected chi connectivity index (χ3v) is 7.62. The summed E-state index contributed by atoms with van der Waals surface area (Å²) in [6.07, 6.45) is 11.9. The van der Waals surface area contributed by atoms with Gasteiger partial charge in [0, 0.05) is 19.8 Å². The molecule has 1 aliphatic rings. The molecule has 1 atom stereocenters. The summed E-state index contributed by atoms with van der Waals surface area (Å²) < 4.78 is 10.9. The first-order chi connectivity index (χ1) is 21.1. The van der Waals surface area contributed by atoms with Crippen molar-refractivity contribution in [1.82, 2.24) is 5.32 Å². The molecule has 6 nitrogen and oxygen atoms in total. The van der Waals surface area contributed by atoms with Gasteiger partial charge in [-0.2, -0.15) is 0 Å². The first-order valence-electron chi connectivity index (χ1n) is 16.9. The molecule has 0 spiro atoms. The molecule has 1 aromatic rings. The molecule has 252 valence electrons. The van der Waals surface area contributed by atoms with E-state index < -0.39 is 5.60 Å². The minimum Gasteiger partial charge on any atom is -0.459 e. The van der Waals surface area contributed by atoms with Crippen LogP contribution in [-0.2, 0) is 25.6 Å². The van der Waals surface area contributed by atoms with Gasteiger partial charge in [0.25, 0.3) is 0 Å². The first kappa shape index (κ1) is 40.2. The lowest BCUT2D eigenvalue weighted by molar-refractivity contribution is -0.158. The van der Waals surface area contributed by atoms with Crippen LogP contribution in [0.5, 0.6) is 0 Å². The van der Waals surface area contributed by atoms with Crippen molar-refractivity contribution >= 4 is 23.2 Å². The van der Waals surface area contributed by atoms with Crippen LogP contribution in [0.25, 0.3) is 0 Å². The highest BCUT2D eigenvalue weighted by molar-refractivity contribution is 6.09. The summed E-state index contributed by atoms with van der Waals surface area (Å²) in [5, 5.41) is 3.41. The van der Waals surface area contributed by atoms with Crippen LogP contribution in [0.15, 0.2) is 58.6 Å². The maximum absolute atomic E-state index is 12.8. The highest BCUT2D eigenvalue weighted by Gasteiger charge is 2.25. The minimum atomic E-state index is -0.526. The minimum absolute atomic E-state index is 0.00449. The summed E-state index contributed by atoms with van der Waals surface area (Å²) >= 11 is 0. The van der Waals surface area contributed by atoms with Crippen molar-refractivity contribution in [3.63, 3.8) is 0 Å². The van der Waals surface area contributed by atoms with Crippen LogP contribution < -0.4 is 5.32 Å². The lowest BCUT2D eigenvalue weighted by Gasteiger charge is -2.25. The highest BCUT2D eigenvalue weighted by Crippen LogP contribution is 2.25. The monoisotopic (exact) mass is 622 g/mol. The van der Waals surface area contributed by atoms with E-state index in [1.807, 2.05) is 60.6 Å². The van der Waals surface area contributed by atoms with Crippen LogP contribution in [0.1, 0.15) is 113 Å². The molecule has 1 fully saturated rings. The average Bonchev–Trinajstić information content (AvgIpc) is 2.97. The molecule has 1 heterocycles. The number of allylic oxidation sites excluding steroid dienone is 6. The Hall–Kier alpha value is -2.83. The second-order valence-electron chi connectivity index (χ2n) is 13.8. The number of hydrogen-bond acceptors (Lipinski definition) is 6. The zero-order valence-electron chi connectivity index (χ0n) is 30.4. The van der Waals surface area contributed by atoms with Crippen molar-refractivity contribution < 1.29 is 19.1 Å². The Balaban J connectivity index is 0.00000109. The largest absolute Gasteiger partial charge is 0.459 e. The Morgan fingerprint density at radius 2 is 1.76 bits per heavy atom. The van der Waals surface area contributed by atoms with Gasteiger partial charge < -0.3 is 14.8 Å². The lowest BCUT2D eigenvalue weighted by atomic mass is 9.96. The molecule has 1 unspecified atom stereocenters. The lowest BCUT2D eigenvalue weighted by Crippen LogP contribution is -2.41. The van der Waals surface area contributed by atoms with E-state index in [9.17, 15) is 9.59 Å². The van der Waals surface area contributed by atoms with Crippen molar-refractivity contribution in [1.29, 1.82) is 0 Å². The number of ether oxygens (including phenoxy) is 2. The summed E-state index contributed by atoms with van der Waals surface area (Å²) in [6, 6.07) is 5.82. The van der Waals surface area contributed by atoms with Crippen LogP contribution in [0, 0.1) is 24.7 Å². The van der Waals surface area contributed by atoms with Gasteiger partial charge in [0.05, 0.1) is 11.4 Å². The molecule has 0 amide bonds. The van der Waals surface area contributed by atoms with Gasteiger partial charge in [-0.3, -0.25) is 14.6 Å². The van der Waals surface area contributed by atoms with Gasteiger partial charge in [0.15, 0.2) is 5.78 Å². The number of aliphatic imine (C=N–C) groups is 1. The van der Waals surface area contributed by atoms with Crippen molar-refractivity contribution in [2.24, 2.45) is 22.7 Å². The van der Waals surface area contributed by atoms with E-state index in [1.54, 1.807) is 12.2 Å². The van der Waals surface area contributed by atoms with Gasteiger partial charge in [-0.1, -0.05) is 65.3 Å². The molecule has 0 aromatic heterocycles. The highest BCUT2D eigenvalue weighted by atomic mass is 16.6. The number of hydrogen-bond donors (Lipinski definition) is 1. The number of rotatable bonds is 13. The fourth-order valence-electron chi connectivity index (χ4n) is 4.94. The number of esters is 1. The Kier molecular flexibility index (Phi) is 18.2. The molecule has 45 heavy (non-hydrogen) atoms. The molecule has 1 saturated heterocycles. The molecule has 0 radical (unpaired) electrons. The normalized spacial score (nSPS) is 16.2. The number of benzene rings is 1. The topological polar surface area (TPSA) is 77.0 Å². The second kappa shape index (κ2) is 20.3. The quantitative estimate of drug-likeness (QED) is 0.103. The van der Waals surface area contributed by atoms with E-state index in [0.717, 1.165) is 47.2 Å². The summed E-state index contributed by atoms with van der Waals surface area (Å²) in [5.41, 5.74) is 5.00. The van der Waals surface area contributed by atoms with Crippen LogP contribution in [0.3, 0.4) is 0 Å². The van der Waals surface area contributed by atoms with Gasteiger partial charge in [-0.25, -0.2) is 0 Å². The standard InChI is InChI=1S/C32H48N2O3.C7H14O/c1-12-14-29(35)24(8)18-26(13-2)30(22(5)6)34-27-19-25(16-15-23(27)7)20-33-28(17-21(3)4)31(36)37-32(9,10)11;1-2-7-3-5-8-6-4-7/h12-16,18-19,21-22,28,33H,17,20H2,1-11H3;7H,2-6H2,1H3/b14-12-,24-18-,26-13+,34-30?;. The maximum Gasteiger partial charge on any atom is 0.323 e. The number of nitrogens with one attached hydrogen (secondary N) is 1. The van der Waals surface area contributed by atoms with Gasteiger partial charge in [-0.05, 0) is 126 Å². The molecule has 1 aromatic carbocycles. The zero-order valence-corrected chi connectivity index (χ0v) is 30.4. The molecular weight excluding hydrogens is 560 g/mol. The van der Waals surface area contributed by atoms with E-state index in [-0.39, 0.29) is 23.7 Å². The molecule has 0 aliphatic carbocycles. The zero-order chi connectivity index (χ0) is 34.2. The van der Waals surface area contributed by atoms with Crippen LogP contribution in [0.4, 0.5) is 5.69 Å². The van der Waals surface area contributed by atoms with Gasteiger partial charge in [-0.15, -0.1) is 0 Å². The van der Waals surface area contributed by atoms with Gasteiger partial charge >= 0.3 is 5.97 Å². The molecule has 2 rings (SSSR count). The van der Waals surface area contributed by atoms with Crippen molar-refractivity contribution in [2.45, 2.75) is 127 Å². The van der Waals surface area contributed by atoms with Crippen LogP contribution >= 0.6 is 0 Å². The fraction of sp³-hybridized carbons (Fsp3) is 0.615. The number of carbonyl (C=O) groups excluding carboxylic acids is 2. The molecule has 1 aliphatic heterocycles. The van der Waals surface area contributed by atoms with Crippen LogP contribution in [-0.4, -0.2) is 42.3 Å². The summed E-state index contributed by atoms with van der Waals surface area (Å²) in [5.74, 6) is 1.25. The van der Waals surface area contributed by atoms with Gasteiger partial charge in [0.2, 0.25) is 0 Å². The van der Waals surface area contributed by atoms with E-state index >= 15 is 0 Å². The molecular formula is C39H62N2O4. The summed E-state index contributed by atoms with van der Waals surface area (Å²) in [4.78, 5) is 30.2. The van der Waals surface area contributed by atoms with E-state index in [4.69, 9.17) is 14.5 Å².